The Morgan fingerprint density at radius 3 is 2.57 bits per heavy atom. The molecule has 0 saturated heterocycles. The fourth-order valence-electron chi connectivity index (χ4n) is 2.69. The number of hydrogen-bond donors (Lipinski definition) is 1. The standard InChI is InChI=1S/C24H18Cl2N2O2/c1-16-22(26)6-3-7-23(16)28-24(29)19(14-27)12-18-4-2-5-21(13-18)30-15-17-8-10-20(25)11-9-17/h2-13H,15H2,1H3,(H,28,29)/b19-12-. The molecule has 0 spiro atoms. The topological polar surface area (TPSA) is 62.1 Å². The van der Waals surface area contributed by atoms with Gasteiger partial charge in [-0.2, -0.15) is 5.26 Å². The van der Waals surface area contributed by atoms with Gasteiger partial charge in [0.1, 0.15) is 24.0 Å². The van der Waals surface area contributed by atoms with Crippen LogP contribution in [0.25, 0.3) is 6.08 Å². The SMILES string of the molecule is Cc1c(Cl)cccc1NC(=O)/C(C#N)=C\c1cccc(OCc2ccc(Cl)cc2)c1. The van der Waals surface area contributed by atoms with Crippen molar-refractivity contribution >= 4 is 40.9 Å². The second kappa shape index (κ2) is 9.98. The molecule has 4 nitrogen and oxygen atoms in total. The summed E-state index contributed by atoms with van der Waals surface area (Å²) in [5.74, 6) is 0.123. The van der Waals surface area contributed by atoms with Gasteiger partial charge in [-0.25, -0.2) is 0 Å². The number of rotatable bonds is 6. The number of amides is 1. The fraction of sp³-hybridized carbons (Fsp3) is 0.0833. The van der Waals surface area contributed by atoms with Crippen LogP contribution in [0, 0.1) is 18.3 Å². The normalized spacial score (nSPS) is 10.9. The van der Waals surface area contributed by atoms with E-state index in [1.165, 1.54) is 6.08 Å². The summed E-state index contributed by atoms with van der Waals surface area (Å²) in [7, 11) is 0. The van der Waals surface area contributed by atoms with Crippen LogP contribution in [0.5, 0.6) is 5.75 Å². The van der Waals surface area contributed by atoms with E-state index in [-0.39, 0.29) is 5.57 Å². The quantitative estimate of drug-likeness (QED) is 0.357. The van der Waals surface area contributed by atoms with Crippen LogP contribution in [0.1, 0.15) is 16.7 Å². The highest BCUT2D eigenvalue weighted by atomic mass is 35.5. The third-order valence-corrected chi connectivity index (χ3v) is 5.03. The van der Waals surface area contributed by atoms with Crippen molar-refractivity contribution in [3.63, 3.8) is 0 Å². The summed E-state index contributed by atoms with van der Waals surface area (Å²) < 4.78 is 5.80. The Balaban J connectivity index is 1.73. The highest BCUT2D eigenvalue weighted by Crippen LogP contribution is 2.24. The number of nitrogens with one attached hydrogen (secondary N) is 1. The summed E-state index contributed by atoms with van der Waals surface area (Å²) >= 11 is 12.0. The van der Waals surface area contributed by atoms with Crippen molar-refractivity contribution in [3.05, 3.63) is 99.0 Å². The first-order chi connectivity index (χ1) is 14.5. The molecule has 150 valence electrons. The molecule has 3 aromatic rings. The van der Waals surface area contributed by atoms with Crippen molar-refractivity contribution < 1.29 is 9.53 Å². The van der Waals surface area contributed by atoms with Crippen molar-refractivity contribution in [3.8, 4) is 11.8 Å². The second-order valence-electron chi connectivity index (χ2n) is 6.52. The summed E-state index contributed by atoms with van der Waals surface area (Å²) in [5, 5.41) is 13.4. The van der Waals surface area contributed by atoms with Gasteiger partial charge < -0.3 is 10.1 Å². The van der Waals surface area contributed by atoms with Gasteiger partial charge in [-0.05, 0) is 66.1 Å². The molecule has 1 N–H and O–H groups in total. The predicted octanol–water partition coefficient (Wildman–Crippen LogP) is 6.43. The monoisotopic (exact) mass is 436 g/mol. The van der Waals surface area contributed by atoms with E-state index >= 15 is 0 Å². The zero-order chi connectivity index (χ0) is 21.5. The zero-order valence-electron chi connectivity index (χ0n) is 16.2. The number of nitrogens with zero attached hydrogens (tertiary/aromatic N) is 1. The minimum absolute atomic E-state index is 0.0239. The number of ether oxygens (including phenoxy) is 1. The average molecular weight is 437 g/mol. The molecule has 0 radical (unpaired) electrons. The van der Waals surface area contributed by atoms with E-state index in [2.05, 4.69) is 5.32 Å². The molecular weight excluding hydrogens is 419 g/mol. The van der Waals surface area contributed by atoms with Crippen LogP contribution in [0.15, 0.2) is 72.3 Å². The Hall–Kier alpha value is -3.26. The highest BCUT2D eigenvalue weighted by molar-refractivity contribution is 6.32. The molecule has 1 amide bonds. The lowest BCUT2D eigenvalue weighted by atomic mass is 10.1. The van der Waals surface area contributed by atoms with Crippen molar-refractivity contribution in [1.82, 2.24) is 0 Å². The van der Waals surface area contributed by atoms with Gasteiger partial charge in [0, 0.05) is 15.7 Å². The van der Waals surface area contributed by atoms with E-state index in [9.17, 15) is 10.1 Å². The smallest absolute Gasteiger partial charge is 0.266 e. The highest BCUT2D eigenvalue weighted by Gasteiger charge is 2.12. The summed E-state index contributed by atoms with van der Waals surface area (Å²) in [6, 6.07) is 21.7. The summed E-state index contributed by atoms with van der Waals surface area (Å²) in [5.41, 5.74) is 2.94. The molecule has 0 unspecified atom stereocenters. The Morgan fingerprint density at radius 2 is 1.83 bits per heavy atom. The molecule has 0 fully saturated rings. The number of carbonyl (C=O) groups is 1. The van der Waals surface area contributed by atoms with Crippen LogP contribution in [0.4, 0.5) is 5.69 Å². The van der Waals surface area contributed by atoms with E-state index in [0.29, 0.717) is 33.7 Å². The number of hydrogen-bond acceptors (Lipinski definition) is 3. The van der Waals surface area contributed by atoms with Crippen molar-refractivity contribution in [2.24, 2.45) is 0 Å². The maximum atomic E-state index is 12.5. The third kappa shape index (κ3) is 5.64. The van der Waals surface area contributed by atoms with Gasteiger partial charge in [0.25, 0.3) is 5.91 Å². The summed E-state index contributed by atoms with van der Waals surface area (Å²) in [6.45, 7) is 2.18. The van der Waals surface area contributed by atoms with Crippen molar-refractivity contribution in [2.45, 2.75) is 13.5 Å². The molecule has 0 heterocycles. The molecule has 0 aliphatic carbocycles. The van der Waals surface area contributed by atoms with Gasteiger partial charge >= 0.3 is 0 Å². The van der Waals surface area contributed by atoms with Gasteiger partial charge in [0.05, 0.1) is 0 Å². The van der Waals surface area contributed by atoms with Crippen LogP contribution >= 0.6 is 23.2 Å². The third-order valence-electron chi connectivity index (χ3n) is 4.37. The zero-order valence-corrected chi connectivity index (χ0v) is 17.7. The summed E-state index contributed by atoms with van der Waals surface area (Å²) in [6.07, 6.45) is 1.52. The number of benzene rings is 3. The minimum Gasteiger partial charge on any atom is -0.489 e. The molecule has 3 aromatic carbocycles. The Morgan fingerprint density at radius 1 is 1.10 bits per heavy atom. The molecule has 0 saturated carbocycles. The molecule has 0 bridgehead atoms. The average Bonchev–Trinajstić information content (AvgIpc) is 2.75. The molecular formula is C24H18Cl2N2O2. The summed E-state index contributed by atoms with van der Waals surface area (Å²) in [4.78, 5) is 12.5. The van der Waals surface area contributed by atoms with Crippen LogP contribution in [0.3, 0.4) is 0 Å². The van der Waals surface area contributed by atoms with Crippen LogP contribution in [-0.4, -0.2) is 5.91 Å². The first-order valence-electron chi connectivity index (χ1n) is 9.12. The molecule has 3 rings (SSSR count). The minimum atomic E-state index is -0.504. The van der Waals surface area contributed by atoms with Crippen molar-refractivity contribution in [2.75, 3.05) is 5.32 Å². The first kappa shape index (κ1) is 21.4. The molecule has 0 aromatic heterocycles. The van der Waals surface area contributed by atoms with Gasteiger partial charge in [0.15, 0.2) is 0 Å². The van der Waals surface area contributed by atoms with E-state index in [1.807, 2.05) is 24.3 Å². The molecule has 0 aliphatic heterocycles. The Labute approximate surface area is 185 Å². The number of halogens is 2. The number of carbonyl (C=O) groups excluding carboxylic acids is 1. The van der Waals surface area contributed by atoms with E-state index < -0.39 is 5.91 Å². The maximum absolute atomic E-state index is 12.5. The van der Waals surface area contributed by atoms with Crippen molar-refractivity contribution in [1.29, 1.82) is 5.26 Å². The molecule has 0 atom stereocenters. The van der Waals surface area contributed by atoms with Gasteiger partial charge in [-0.1, -0.05) is 53.5 Å². The Kier molecular flexibility index (Phi) is 7.13. The number of nitriles is 1. The predicted molar refractivity (Wildman–Crippen MR) is 121 cm³/mol. The second-order valence-corrected chi connectivity index (χ2v) is 7.37. The van der Waals surface area contributed by atoms with E-state index in [4.69, 9.17) is 27.9 Å². The maximum Gasteiger partial charge on any atom is 0.266 e. The fourth-order valence-corrected chi connectivity index (χ4v) is 2.99. The van der Waals surface area contributed by atoms with E-state index in [0.717, 1.165) is 11.1 Å². The van der Waals surface area contributed by atoms with Crippen LogP contribution in [0.2, 0.25) is 10.0 Å². The molecule has 6 heteroatoms. The lowest BCUT2D eigenvalue weighted by molar-refractivity contribution is -0.112. The lowest BCUT2D eigenvalue weighted by Gasteiger charge is -2.09. The van der Waals surface area contributed by atoms with Crippen LogP contribution < -0.4 is 10.1 Å². The number of anilines is 1. The van der Waals surface area contributed by atoms with Gasteiger partial charge in [0.2, 0.25) is 0 Å². The lowest BCUT2D eigenvalue weighted by Crippen LogP contribution is -2.14. The molecule has 30 heavy (non-hydrogen) atoms. The van der Waals surface area contributed by atoms with Gasteiger partial charge in [-0.3, -0.25) is 4.79 Å². The van der Waals surface area contributed by atoms with E-state index in [1.54, 1.807) is 55.5 Å². The largest absolute Gasteiger partial charge is 0.489 e. The van der Waals surface area contributed by atoms with Gasteiger partial charge in [-0.15, -0.1) is 0 Å². The Bertz CT molecular complexity index is 1130. The molecule has 0 aliphatic rings. The van der Waals surface area contributed by atoms with Crippen LogP contribution in [-0.2, 0) is 11.4 Å². The first-order valence-corrected chi connectivity index (χ1v) is 9.87.